The van der Waals surface area contributed by atoms with Gasteiger partial charge in [0, 0.05) is 5.69 Å². The summed E-state index contributed by atoms with van der Waals surface area (Å²) >= 11 is 12.6. The van der Waals surface area contributed by atoms with Crippen LogP contribution in [0.3, 0.4) is 0 Å². The Morgan fingerprint density at radius 2 is 1.59 bits per heavy atom. The zero-order valence-electron chi connectivity index (χ0n) is 18.0. The SMILES string of the molecule is COc1c(Cl)cc(/C(O)=C2\C(=O)C(=O)N(c3ccc(F)cc3)C2c2ccccc2)c(OC)c1Cl. The number of anilines is 1. The van der Waals surface area contributed by atoms with Crippen LogP contribution in [0.25, 0.3) is 5.76 Å². The first-order valence-corrected chi connectivity index (χ1v) is 10.8. The average molecular weight is 502 g/mol. The molecule has 1 aliphatic heterocycles. The number of aliphatic hydroxyl groups excluding tert-OH is 1. The number of carbonyl (C=O) groups is 2. The van der Waals surface area contributed by atoms with E-state index >= 15 is 0 Å². The largest absolute Gasteiger partial charge is 0.507 e. The predicted molar refractivity (Wildman–Crippen MR) is 127 cm³/mol. The van der Waals surface area contributed by atoms with Crippen LogP contribution >= 0.6 is 23.2 Å². The predicted octanol–water partition coefficient (Wildman–Crippen LogP) is 5.78. The summed E-state index contributed by atoms with van der Waals surface area (Å²) in [5, 5.41) is 11.4. The van der Waals surface area contributed by atoms with Crippen LogP contribution in [0.5, 0.6) is 11.5 Å². The molecule has 1 saturated heterocycles. The molecule has 1 aliphatic rings. The Morgan fingerprint density at radius 3 is 2.18 bits per heavy atom. The summed E-state index contributed by atoms with van der Waals surface area (Å²) in [6.07, 6.45) is 0. The number of hydrogen-bond acceptors (Lipinski definition) is 5. The molecule has 1 N–H and O–H groups in total. The van der Waals surface area contributed by atoms with Gasteiger partial charge in [0.2, 0.25) is 0 Å². The molecule has 4 rings (SSSR count). The number of halogens is 3. The van der Waals surface area contributed by atoms with E-state index in [-0.39, 0.29) is 38.4 Å². The van der Waals surface area contributed by atoms with E-state index in [1.165, 1.54) is 49.5 Å². The van der Waals surface area contributed by atoms with E-state index < -0.39 is 29.3 Å². The van der Waals surface area contributed by atoms with Crippen molar-refractivity contribution in [2.45, 2.75) is 6.04 Å². The van der Waals surface area contributed by atoms with Gasteiger partial charge in [0.05, 0.1) is 36.4 Å². The van der Waals surface area contributed by atoms with Crippen LogP contribution in [0, 0.1) is 5.82 Å². The van der Waals surface area contributed by atoms with E-state index in [0.717, 1.165) is 0 Å². The van der Waals surface area contributed by atoms with Gasteiger partial charge in [-0.3, -0.25) is 14.5 Å². The fraction of sp³-hybridized carbons (Fsp3) is 0.120. The molecule has 1 atom stereocenters. The molecule has 3 aromatic rings. The van der Waals surface area contributed by atoms with Crippen molar-refractivity contribution in [3.8, 4) is 11.5 Å². The van der Waals surface area contributed by atoms with E-state index in [1.54, 1.807) is 30.3 Å². The molecule has 1 amide bonds. The van der Waals surface area contributed by atoms with Crippen LogP contribution in [-0.2, 0) is 9.59 Å². The number of benzene rings is 3. The summed E-state index contributed by atoms with van der Waals surface area (Å²) in [6.45, 7) is 0. The Labute approximate surface area is 204 Å². The second kappa shape index (κ2) is 9.37. The minimum Gasteiger partial charge on any atom is -0.507 e. The maximum absolute atomic E-state index is 13.5. The van der Waals surface area contributed by atoms with Gasteiger partial charge in [-0.25, -0.2) is 4.39 Å². The Kier molecular flexibility index (Phi) is 6.50. The minimum atomic E-state index is -1.00. The Morgan fingerprint density at radius 1 is 0.971 bits per heavy atom. The second-order valence-electron chi connectivity index (χ2n) is 7.34. The molecular formula is C25H18Cl2FNO5. The molecule has 3 aromatic carbocycles. The van der Waals surface area contributed by atoms with Gasteiger partial charge in [-0.05, 0) is 35.9 Å². The Bertz CT molecular complexity index is 1310. The van der Waals surface area contributed by atoms with E-state index in [1.807, 2.05) is 0 Å². The van der Waals surface area contributed by atoms with Gasteiger partial charge in [0.1, 0.15) is 16.6 Å². The highest BCUT2D eigenvalue weighted by Crippen LogP contribution is 2.48. The van der Waals surface area contributed by atoms with Crippen molar-refractivity contribution in [1.82, 2.24) is 0 Å². The molecule has 34 heavy (non-hydrogen) atoms. The third-order valence-corrected chi connectivity index (χ3v) is 6.08. The number of methoxy groups -OCH3 is 2. The summed E-state index contributed by atoms with van der Waals surface area (Å²) < 4.78 is 24.1. The quantitative estimate of drug-likeness (QED) is 0.272. The van der Waals surface area contributed by atoms with Crippen LogP contribution < -0.4 is 14.4 Å². The molecule has 1 fully saturated rings. The highest BCUT2D eigenvalue weighted by molar-refractivity contribution is 6.52. The Hall–Kier alpha value is -3.55. The number of carbonyl (C=O) groups excluding carboxylic acids is 2. The highest BCUT2D eigenvalue weighted by atomic mass is 35.5. The number of ether oxygens (including phenoxy) is 2. The number of hydrogen-bond donors (Lipinski definition) is 1. The van der Waals surface area contributed by atoms with Gasteiger partial charge >= 0.3 is 0 Å². The molecule has 1 heterocycles. The fourth-order valence-corrected chi connectivity index (χ4v) is 4.63. The molecule has 0 radical (unpaired) electrons. The van der Waals surface area contributed by atoms with Crippen LogP contribution in [0.15, 0.2) is 66.2 Å². The zero-order valence-corrected chi connectivity index (χ0v) is 19.5. The lowest BCUT2D eigenvalue weighted by atomic mass is 9.94. The average Bonchev–Trinajstić information content (AvgIpc) is 3.10. The number of nitrogens with zero attached hydrogens (tertiary/aromatic N) is 1. The maximum atomic E-state index is 13.5. The van der Waals surface area contributed by atoms with E-state index in [0.29, 0.717) is 5.56 Å². The van der Waals surface area contributed by atoms with E-state index in [9.17, 15) is 19.1 Å². The third-order valence-electron chi connectivity index (χ3n) is 5.46. The molecule has 0 spiro atoms. The lowest BCUT2D eigenvalue weighted by molar-refractivity contribution is -0.132. The number of Topliss-reactive ketones (excluding diaryl/α,β-unsaturated/α-hetero) is 1. The van der Waals surface area contributed by atoms with Gasteiger partial charge < -0.3 is 14.6 Å². The zero-order chi connectivity index (χ0) is 24.6. The molecule has 0 bridgehead atoms. The van der Waals surface area contributed by atoms with Crippen LogP contribution in [0.1, 0.15) is 17.2 Å². The molecule has 6 nitrogen and oxygen atoms in total. The van der Waals surface area contributed by atoms with Crippen LogP contribution in [0.2, 0.25) is 10.0 Å². The van der Waals surface area contributed by atoms with Crippen molar-refractivity contribution >= 4 is 46.3 Å². The topological polar surface area (TPSA) is 76.1 Å². The normalized spacial score (nSPS) is 17.2. The first-order valence-electron chi connectivity index (χ1n) is 10.0. The monoisotopic (exact) mass is 501 g/mol. The summed E-state index contributed by atoms with van der Waals surface area (Å²) in [5.41, 5.74) is 0.652. The van der Waals surface area contributed by atoms with Gasteiger partial charge in [-0.15, -0.1) is 0 Å². The molecule has 0 saturated carbocycles. The molecule has 9 heteroatoms. The first kappa shape index (κ1) is 23.6. The maximum Gasteiger partial charge on any atom is 0.300 e. The molecule has 0 aliphatic carbocycles. The molecular weight excluding hydrogens is 484 g/mol. The number of ketones is 1. The summed E-state index contributed by atoms with van der Waals surface area (Å²) in [7, 11) is 2.70. The Balaban J connectivity index is 2.00. The number of aliphatic hydroxyl groups is 1. The molecule has 0 aromatic heterocycles. The van der Waals surface area contributed by atoms with Gasteiger partial charge in [0.25, 0.3) is 11.7 Å². The number of rotatable bonds is 5. The van der Waals surface area contributed by atoms with Crippen molar-refractivity contribution in [3.05, 3.63) is 93.2 Å². The van der Waals surface area contributed by atoms with Crippen molar-refractivity contribution in [2.24, 2.45) is 0 Å². The fourth-order valence-electron chi connectivity index (χ4n) is 3.94. The first-order chi connectivity index (χ1) is 16.3. The third kappa shape index (κ3) is 3.87. The highest BCUT2D eigenvalue weighted by Gasteiger charge is 2.47. The second-order valence-corrected chi connectivity index (χ2v) is 8.13. The van der Waals surface area contributed by atoms with Crippen molar-refractivity contribution in [2.75, 3.05) is 19.1 Å². The van der Waals surface area contributed by atoms with Crippen molar-refractivity contribution in [1.29, 1.82) is 0 Å². The van der Waals surface area contributed by atoms with Gasteiger partial charge in [-0.2, -0.15) is 0 Å². The van der Waals surface area contributed by atoms with Crippen LogP contribution in [-0.4, -0.2) is 31.0 Å². The van der Waals surface area contributed by atoms with Crippen molar-refractivity contribution < 1.29 is 28.6 Å². The summed E-state index contributed by atoms with van der Waals surface area (Å²) in [5.74, 6) is -2.69. The van der Waals surface area contributed by atoms with Crippen LogP contribution in [0.4, 0.5) is 10.1 Å². The smallest absolute Gasteiger partial charge is 0.300 e. The van der Waals surface area contributed by atoms with E-state index in [4.69, 9.17) is 32.7 Å². The van der Waals surface area contributed by atoms with Crippen molar-refractivity contribution in [3.63, 3.8) is 0 Å². The number of amides is 1. The minimum absolute atomic E-state index is 0.0105. The van der Waals surface area contributed by atoms with Gasteiger partial charge in [-0.1, -0.05) is 53.5 Å². The van der Waals surface area contributed by atoms with Gasteiger partial charge in [0.15, 0.2) is 11.5 Å². The standard InChI is InChI=1S/C25H18Cl2FNO5/c1-33-23-16(12-17(26)24(34-2)19(23)27)21(30)18-20(13-6-4-3-5-7-13)29(25(32)22(18)31)15-10-8-14(28)9-11-15/h3-12,20,30H,1-2H3/b21-18+. The lowest BCUT2D eigenvalue weighted by Gasteiger charge is -2.25. The van der Waals surface area contributed by atoms with E-state index in [2.05, 4.69) is 0 Å². The molecule has 174 valence electrons. The lowest BCUT2D eigenvalue weighted by Crippen LogP contribution is -2.29. The summed E-state index contributed by atoms with van der Waals surface area (Å²) in [4.78, 5) is 27.6. The summed E-state index contributed by atoms with van der Waals surface area (Å²) in [6, 6.07) is 14.2. The molecule has 1 unspecified atom stereocenters.